The van der Waals surface area contributed by atoms with Crippen LogP contribution in [0, 0.1) is 0 Å². The summed E-state index contributed by atoms with van der Waals surface area (Å²) in [4.78, 5) is 36.2. The zero-order valence-electron chi connectivity index (χ0n) is 24.1. The molecule has 1 aliphatic carbocycles. The molecule has 0 saturated heterocycles. The molecule has 0 spiro atoms. The van der Waals surface area contributed by atoms with E-state index in [1.54, 1.807) is 18.3 Å². The number of hydrogen-bond acceptors (Lipinski definition) is 7. The molecule has 1 heterocycles. The van der Waals surface area contributed by atoms with E-state index in [4.69, 9.17) is 14.2 Å². The fraction of sp³-hybridized carbons (Fsp3) is 0.375. The second kappa shape index (κ2) is 11.1. The Labute approximate surface area is 234 Å². The minimum absolute atomic E-state index is 0.383. The average Bonchev–Trinajstić information content (AvgIpc) is 3.41. The van der Waals surface area contributed by atoms with Gasteiger partial charge in [0.25, 0.3) is 0 Å². The molecule has 2 atom stereocenters. The molecule has 0 fully saturated rings. The lowest BCUT2D eigenvalue weighted by Crippen LogP contribution is -2.59. The molecule has 3 aromatic rings. The van der Waals surface area contributed by atoms with Gasteiger partial charge < -0.3 is 14.2 Å². The van der Waals surface area contributed by atoms with Gasteiger partial charge in [0.05, 0.1) is 19.2 Å². The number of fused-ring (bicyclic) bond motifs is 1. The molecule has 0 N–H and O–H groups in total. The van der Waals surface area contributed by atoms with Gasteiger partial charge in [-0.05, 0) is 46.0 Å². The van der Waals surface area contributed by atoms with Crippen LogP contribution < -0.4 is 0 Å². The molecule has 0 amide bonds. The fourth-order valence-electron chi connectivity index (χ4n) is 5.46. The van der Waals surface area contributed by atoms with Crippen LogP contribution in [0.2, 0.25) is 0 Å². The Morgan fingerprint density at radius 2 is 1.48 bits per heavy atom. The maximum Gasteiger partial charge on any atom is 0.337 e. The van der Waals surface area contributed by atoms with Crippen LogP contribution in [-0.4, -0.2) is 47.0 Å². The molecule has 1 aromatic heterocycles. The van der Waals surface area contributed by atoms with Gasteiger partial charge in [-0.3, -0.25) is 14.3 Å². The van der Waals surface area contributed by atoms with Gasteiger partial charge in [-0.1, -0.05) is 64.1 Å². The minimum atomic E-state index is -0.684. The largest absolute Gasteiger partial charge is 0.465 e. The SMILES string of the molecule is COC(=O)c1ccc(/C=C/c2cc3c(cc2Cn2cccn2)C(C)(C)[C@H](OC(C)=O)[C@H](OC(C)=O)C3(C)C)cc1. The monoisotopic (exact) mass is 544 g/mol. The van der Waals surface area contributed by atoms with Gasteiger partial charge in [-0.15, -0.1) is 0 Å². The lowest BCUT2D eigenvalue weighted by atomic mass is 9.59. The van der Waals surface area contributed by atoms with Gasteiger partial charge in [-0.2, -0.15) is 5.10 Å². The summed E-state index contributed by atoms with van der Waals surface area (Å²) in [5.41, 5.74) is 4.13. The molecule has 1 aliphatic rings. The number of carbonyl (C=O) groups excluding carboxylic acids is 3. The molecule has 0 saturated carbocycles. The third-order valence-corrected chi connectivity index (χ3v) is 7.63. The van der Waals surface area contributed by atoms with E-state index in [2.05, 4.69) is 17.2 Å². The molecule has 8 heteroatoms. The summed E-state index contributed by atoms with van der Waals surface area (Å²) < 4.78 is 18.4. The Bertz CT molecular complexity index is 1430. The van der Waals surface area contributed by atoms with Gasteiger partial charge in [0.15, 0.2) is 0 Å². The molecule has 2 aromatic carbocycles. The van der Waals surface area contributed by atoms with E-state index in [9.17, 15) is 14.4 Å². The Balaban J connectivity index is 1.86. The van der Waals surface area contributed by atoms with Crippen molar-refractivity contribution in [3.05, 3.63) is 88.2 Å². The second-order valence-electron chi connectivity index (χ2n) is 11.3. The highest BCUT2D eigenvalue weighted by Gasteiger charge is 2.55. The summed E-state index contributed by atoms with van der Waals surface area (Å²) in [6.07, 6.45) is 6.31. The van der Waals surface area contributed by atoms with Crippen LogP contribution in [0.3, 0.4) is 0 Å². The summed E-state index contributed by atoms with van der Waals surface area (Å²) in [5, 5.41) is 4.40. The number of rotatable bonds is 7. The summed E-state index contributed by atoms with van der Waals surface area (Å²) in [6.45, 7) is 11.3. The number of nitrogens with zero attached hydrogens (tertiary/aromatic N) is 2. The Morgan fingerprint density at radius 1 is 0.900 bits per heavy atom. The summed E-state index contributed by atoms with van der Waals surface area (Å²) in [5.74, 6) is -1.24. The lowest BCUT2D eigenvalue weighted by molar-refractivity contribution is -0.179. The minimum Gasteiger partial charge on any atom is -0.465 e. The molecule has 0 aliphatic heterocycles. The van der Waals surface area contributed by atoms with Crippen LogP contribution >= 0.6 is 0 Å². The Hall–Kier alpha value is -4.20. The first kappa shape index (κ1) is 28.8. The van der Waals surface area contributed by atoms with Crippen LogP contribution in [0.15, 0.2) is 54.9 Å². The van der Waals surface area contributed by atoms with Crippen molar-refractivity contribution < 1.29 is 28.6 Å². The van der Waals surface area contributed by atoms with E-state index < -0.39 is 35.0 Å². The number of benzene rings is 2. The van der Waals surface area contributed by atoms with Gasteiger partial charge >= 0.3 is 17.9 Å². The molecule has 0 unspecified atom stereocenters. The van der Waals surface area contributed by atoms with Crippen molar-refractivity contribution in [3.8, 4) is 0 Å². The van der Waals surface area contributed by atoms with E-state index in [1.165, 1.54) is 21.0 Å². The maximum absolute atomic E-state index is 12.2. The van der Waals surface area contributed by atoms with Crippen LogP contribution in [0.4, 0.5) is 0 Å². The van der Waals surface area contributed by atoms with Crippen LogP contribution in [0.5, 0.6) is 0 Å². The average molecular weight is 545 g/mol. The Morgan fingerprint density at radius 3 is 1.98 bits per heavy atom. The number of methoxy groups -OCH3 is 1. The molecule has 4 rings (SSSR count). The standard InChI is InChI=1S/C32H36N2O6/c1-20(35)39-28-29(40-21(2)36)32(5,6)27-18-25(19-34-16-8-15-33-34)24(17-26(27)31(28,3)4)14-11-22-9-12-23(13-10-22)30(37)38-7/h8-18,28-29H,19H2,1-7H3/b14-11+/t28-,29+/m0/s1. The van der Waals surface area contributed by atoms with Crippen molar-refractivity contribution in [3.63, 3.8) is 0 Å². The van der Waals surface area contributed by atoms with Crippen LogP contribution in [-0.2, 0) is 41.2 Å². The second-order valence-corrected chi connectivity index (χ2v) is 11.3. The molecule has 8 nitrogen and oxygen atoms in total. The van der Waals surface area contributed by atoms with Crippen molar-refractivity contribution in [2.24, 2.45) is 0 Å². The lowest BCUT2D eigenvalue weighted by Gasteiger charge is -2.51. The molecule has 210 valence electrons. The Kier molecular flexibility index (Phi) is 8.00. The smallest absolute Gasteiger partial charge is 0.337 e. The predicted octanol–water partition coefficient (Wildman–Crippen LogP) is 5.32. The number of hydrogen-bond donors (Lipinski definition) is 0. The normalized spacial score (nSPS) is 19.1. The third-order valence-electron chi connectivity index (χ3n) is 7.63. The van der Waals surface area contributed by atoms with Gasteiger partial charge in [0, 0.05) is 37.1 Å². The van der Waals surface area contributed by atoms with E-state index in [0.29, 0.717) is 12.1 Å². The van der Waals surface area contributed by atoms with Crippen molar-refractivity contribution in [2.75, 3.05) is 7.11 Å². The zero-order chi connectivity index (χ0) is 29.2. The molecule has 0 bridgehead atoms. The van der Waals surface area contributed by atoms with Crippen LogP contribution in [0.25, 0.3) is 12.2 Å². The topological polar surface area (TPSA) is 96.7 Å². The number of aromatic nitrogens is 2. The van der Waals surface area contributed by atoms with Crippen molar-refractivity contribution in [2.45, 2.75) is 71.1 Å². The third kappa shape index (κ3) is 5.71. The first-order chi connectivity index (χ1) is 18.8. The predicted molar refractivity (Wildman–Crippen MR) is 152 cm³/mol. The van der Waals surface area contributed by atoms with Gasteiger partial charge in [-0.25, -0.2) is 4.79 Å². The molecular formula is C32H36N2O6. The highest BCUT2D eigenvalue weighted by atomic mass is 16.6. The summed E-state index contributed by atoms with van der Waals surface area (Å²) in [7, 11) is 1.36. The first-order valence-corrected chi connectivity index (χ1v) is 13.2. The highest BCUT2D eigenvalue weighted by molar-refractivity contribution is 5.89. The van der Waals surface area contributed by atoms with Crippen molar-refractivity contribution in [1.82, 2.24) is 9.78 Å². The molecule has 40 heavy (non-hydrogen) atoms. The quantitative estimate of drug-likeness (QED) is 0.226. The summed E-state index contributed by atoms with van der Waals surface area (Å²) >= 11 is 0. The number of esters is 3. The first-order valence-electron chi connectivity index (χ1n) is 13.2. The van der Waals surface area contributed by atoms with Gasteiger partial charge in [0.2, 0.25) is 0 Å². The maximum atomic E-state index is 12.2. The van der Waals surface area contributed by atoms with Crippen molar-refractivity contribution in [1.29, 1.82) is 0 Å². The van der Waals surface area contributed by atoms with Crippen LogP contribution in [0.1, 0.15) is 79.7 Å². The molecular weight excluding hydrogens is 508 g/mol. The zero-order valence-corrected chi connectivity index (χ0v) is 24.1. The fourth-order valence-corrected chi connectivity index (χ4v) is 5.46. The van der Waals surface area contributed by atoms with E-state index in [0.717, 1.165) is 27.8 Å². The van der Waals surface area contributed by atoms with E-state index in [-0.39, 0.29) is 5.97 Å². The highest BCUT2D eigenvalue weighted by Crippen LogP contribution is 2.49. The number of carbonyl (C=O) groups is 3. The number of ether oxygens (including phenoxy) is 3. The van der Waals surface area contributed by atoms with E-state index in [1.807, 2.05) is 68.9 Å². The summed E-state index contributed by atoms with van der Waals surface area (Å²) in [6, 6.07) is 13.4. The molecule has 0 radical (unpaired) electrons. The van der Waals surface area contributed by atoms with Crippen molar-refractivity contribution >= 4 is 30.1 Å². The van der Waals surface area contributed by atoms with Gasteiger partial charge in [0.1, 0.15) is 12.2 Å². The van der Waals surface area contributed by atoms with E-state index >= 15 is 0 Å².